The molecule has 1 N–H and O–H groups in total. The minimum absolute atomic E-state index is 0.217. The highest BCUT2D eigenvalue weighted by Crippen LogP contribution is 2.07. The quantitative estimate of drug-likeness (QED) is 0.841. The Morgan fingerprint density at radius 2 is 2.12 bits per heavy atom. The van der Waals surface area contributed by atoms with Crippen LogP contribution in [0.3, 0.4) is 0 Å². The Hall–Kier alpha value is -1.89. The van der Waals surface area contributed by atoms with E-state index in [9.17, 15) is 9.18 Å². The monoisotopic (exact) mass is 220 g/mol. The average molecular weight is 220 g/mol. The zero-order chi connectivity index (χ0) is 12.0. The number of rotatable bonds is 4. The summed E-state index contributed by atoms with van der Waals surface area (Å²) in [5.74, 6) is -0.492. The molecule has 1 atom stereocenters. The molecule has 0 heterocycles. The lowest BCUT2D eigenvalue weighted by Crippen LogP contribution is -2.32. The third-order valence-electron chi connectivity index (χ3n) is 2.17. The molecule has 0 saturated carbocycles. The summed E-state index contributed by atoms with van der Waals surface area (Å²) in [4.78, 5) is 10.8. The largest absolute Gasteiger partial charge is 0.341 e. The maximum absolute atomic E-state index is 12.6. The summed E-state index contributed by atoms with van der Waals surface area (Å²) in [6.07, 6.45) is 1.17. The molecule has 0 aliphatic carbocycles. The van der Waals surface area contributed by atoms with Crippen LogP contribution in [0, 0.1) is 17.1 Å². The van der Waals surface area contributed by atoms with Gasteiger partial charge in [0, 0.05) is 6.92 Å². The van der Waals surface area contributed by atoms with Crippen molar-refractivity contribution in [1.29, 1.82) is 5.26 Å². The van der Waals surface area contributed by atoms with Gasteiger partial charge in [-0.05, 0) is 30.5 Å². The van der Waals surface area contributed by atoms with Crippen LogP contribution in [0.5, 0.6) is 0 Å². The molecule has 0 aromatic heterocycles. The van der Waals surface area contributed by atoms with E-state index >= 15 is 0 Å². The lowest BCUT2D eigenvalue weighted by atomic mass is 10.1. The predicted octanol–water partition coefficient (Wildman–Crippen LogP) is 1.79. The molecule has 0 bridgehead atoms. The third kappa shape index (κ3) is 4.09. The Morgan fingerprint density at radius 1 is 1.50 bits per heavy atom. The number of nitriles is 1. The van der Waals surface area contributed by atoms with Gasteiger partial charge in [0.2, 0.25) is 5.91 Å². The molecule has 0 aliphatic heterocycles. The number of carbonyl (C=O) groups is 1. The molecular weight excluding hydrogens is 207 g/mol. The van der Waals surface area contributed by atoms with E-state index in [0.29, 0.717) is 12.8 Å². The summed E-state index contributed by atoms with van der Waals surface area (Å²) < 4.78 is 12.6. The number of carbonyl (C=O) groups excluding carboxylic acids is 1. The van der Waals surface area contributed by atoms with Gasteiger partial charge in [-0.1, -0.05) is 12.1 Å². The van der Waals surface area contributed by atoms with Crippen LogP contribution in [-0.2, 0) is 11.2 Å². The smallest absolute Gasteiger partial charge is 0.217 e. The SMILES string of the molecule is CC(=O)NC(C#N)CCc1ccc(F)cc1. The average Bonchev–Trinajstić information content (AvgIpc) is 2.26. The van der Waals surface area contributed by atoms with Crippen molar-refractivity contribution in [2.45, 2.75) is 25.8 Å². The van der Waals surface area contributed by atoms with Crippen molar-refractivity contribution >= 4 is 5.91 Å². The van der Waals surface area contributed by atoms with Gasteiger partial charge in [-0.15, -0.1) is 0 Å². The summed E-state index contributed by atoms with van der Waals surface area (Å²) in [7, 11) is 0. The summed E-state index contributed by atoms with van der Waals surface area (Å²) in [5, 5.41) is 11.3. The second-order valence-electron chi connectivity index (χ2n) is 3.55. The lowest BCUT2D eigenvalue weighted by Gasteiger charge is -2.09. The fourth-order valence-corrected chi connectivity index (χ4v) is 1.38. The Kier molecular flexibility index (Phi) is 4.46. The maximum Gasteiger partial charge on any atom is 0.217 e. The first-order chi connectivity index (χ1) is 7.61. The molecule has 0 radical (unpaired) electrons. The first-order valence-corrected chi connectivity index (χ1v) is 5.03. The van der Waals surface area contributed by atoms with Gasteiger partial charge >= 0.3 is 0 Å². The van der Waals surface area contributed by atoms with E-state index in [4.69, 9.17) is 5.26 Å². The predicted molar refractivity (Wildman–Crippen MR) is 57.9 cm³/mol. The minimum atomic E-state index is -0.484. The molecule has 4 heteroatoms. The summed E-state index contributed by atoms with van der Waals surface area (Å²) in [6.45, 7) is 1.38. The number of amides is 1. The second-order valence-corrected chi connectivity index (χ2v) is 3.55. The second kappa shape index (κ2) is 5.86. The Morgan fingerprint density at radius 3 is 2.62 bits per heavy atom. The maximum atomic E-state index is 12.6. The van der Waals surface area contributed by atoms with Crippen LogP contribution in [0.4, 0.5) is 4.39 Å². The fraction of sp³-hybridized carbons (Fsp3) is 0.333. The van der Waals surface area contributed by atoms with E-state index in [1.54, 1.807) is 12.1 Å². The van der Waals surface area contributed by atoms with Crippen LogP contribution < -0.4 is 5.32 Å². The molecule has 0 aliphatic rings. The molecule has 84 valence electrons. The molecule has 1 unspecified atom stereocenters. The van der Waals surface area contributed by atoms with Gasteiger partial charge < -0.3 is 5.32 Å². The number of hydrogen-bond donors (Lipinski definition) is 1. The van der Waals surface area contributed by atoms with Crippen molar-refractivity contribution in [2.75, 3.05) is 0 Å². The van der Waals surface area contributed by atoms with Gasteiger partial charge in [-0.3, -0.25) is 4.79 Å². The molecule has 0 fully saturated rings. The molecule has 1 rings (SSSR count). The van der Waals surface area contributed by atoms with Crippen LogP contribution in [-0.4, -0.2) is 11.9 Å². The van der Waals surface area contributed by atoms with Crippen LogP contribution in [0.25, 0.3) is 0 Å². The normalized spacial score (nSPS) is 11.6. The number of hydrogen-bond acceptors (Lipinski definition) is 2. The van der Waals surface area contributed by atoms with Crippen LogP contribution in [0.15, 0.2) is 24.3 Å². The standard InChI is InChI=1S/C12H13FN2O/c1-9(16)15-12(8-14)7-4-10-2-5-11(13)6-3-10/h2-3,5-6,12H,4,7H2,1H3,(H,15,16). The topological polar surface area (TPSA) is 52.9 Å². The number of nitrogens with one attached hydrogen (secondary N) is 1. The molecule has 1 aromatic rings. The van der Waals surface area contributed by atoms with E-state index in [0.717, 1.165) is 5.56 Å². The highest BCUT2D eigenvalue weighted by molar-refractivity contribution is 5.73. The van der Waals surface area contributed by atoms with Crippen LogP contribution in [0.2, 0.25) is 0 Å². The zero-order valence-electron chi connectivity index (χ0n) is 9.03. The number of halogens is 1. The third-order valence-corrected chi connectivity index (χ3v) is 2.17. The van der Waals surface area contributed by atoms with Crippen molar-refractivity contribution in [2.24, 2.45) is 0 Å². The fourth-order valence-electron chi connectivity index (χ4n) is 1.38. The molecule has 0 saturated heterocycles. The summed E-state index contributed by atoms with van der Waals surface area (Å²) in [6, 6.07) is 7.65. The van der Waals surface area contributed by atoms with Gasteiger partial charge in [0.15, 0.2) is 0 Å². The van der Waals surface area contributed by atoms with Crippen molar-refractivity contribution in [3.63, 3.8) is 0 Å². The van der Waals surface area contributed by atoms with Gasteiger partial charge in [0.25, 0.3) is 0 Å². The van der Waals surface area contributed by atoms with E-state index in [2.05, 4.69) is 5.32 Å². The van der Waals surface area contributed by atoms with Crippen molar-refractivity contribution in [3.05, 3.63) is 35.6 Å². The summed E-state index contributed by atoms with van der Waals surface area (Å²) in [5.41, 5.74) is 0.951. The molecular formula is C12H13FN2O. The van der Waals surface area contributed by atoms with Gasteiger partial charge in [-0.25, -0.2) is 4.39 Å². The Bertz CT molecular complexity index is 394. The van der Waals surface area contributed by atoms with E-state index in [-0.39, 0.29) is 11.7 Å². The van der Waals surface area contributed by atoms with Gasteiger partial charge in [-0.2, -0.15) is 5.26 Å². The molecule has 1 amide bonds. The van der Waals surface area contributed by atoms with Crippen LogP contribution >= 0.6 is 0 Å². The Labute approximate surface area is 93.9 Å². The van der Waals surface area contributed by atoms with Crippen LogP contribution in [0.1, 0.15) is 18.9 Å². The van der Waals surface area contributed by atoms with Crippen molar-refractivity contribution < 1.29 is 9.18 Å². The summed E-state index contributed by atoms with van der Waals surface area (Å²) >= 11 is 0. The molecule has 0 spiro atoms. The lowest BCUT2D eigenvalue weighted by molar-refractivity contribution is -0.119. The minimum Gasteiger partial charge on any atom is -0.341 e. The number of benzene rings is 1. The molecule has 1 aromatic carbocycles. The van der Waals surface area contributed by atoms with Gasteiger partial charge in [0.05, 0.1) is 6.07 Å². The highest BCUT2D eigenvalue weighted by Gasteiger charge is 2.08. The molecule has 3 nitrogen and oxygen atoms in total. The van der Waals surface area contributed by atoms with E-state index < -0.39 is 6.04 Å². The molecule has 16 heavy (non-hydrogen) atoms. The van der Waals surface area contributed by atoms with Crippen molar-refractivity contribution in [1.82, 2.24) is 5.32 Å². The van der Waals surface area contributed by atoms with Gasteiger partial charge in [0.1, 0.15) is 11.9 Å². The highest BCUT2D eigenvalue weighted by atomic mass is 19.1. The van der Waals surface area contributed by atoms with E-state index in [1.807, 2.05) is 6.07 Å². The van der Waals surface area contributed by atoms with E-state index in [1.165, 1.54) is 19.1 Å². The Balaban J connectivity index is 2.47. The number of aryl methyl sites for hydroxylation is 1. The zero-order valence-corrected chi connectivity index (χ0v) is 9.03. The first-order valence-electron chi connectivity index (χ1n) is 5.03. The number of nitrogens with zero attached hydrogens (tertiary/aromatic N) is 1. The van der Waals surface area contributed by atoms with Crippen molar-refractivity contribution in [3.8, 4) is 6.07 Å². The first kappa shape index (κ1) is 12.2.